The van der Waals surface area contributed by atoms with Crippen LogP contribution in [-0.4, -0.2) is 49.9 Å². The van der Waals surface area contributed by atoms with Crippen molar-refractivity contribution in [3.05, 3.63) is 0 Å². The van der Waals surface area contributed by atoms with E-state index in [1.165, 1.54) is 0 Å². The van der Waals surface area contributed by atoms with Crippen LogP contribution in [0.15, 0.2) is 0 Å². The zero-order valence-corrected chi connectivity index (χ0v) is 12.7. The molecule has 0 aromatic heterocycles. The summed E-state index contributed by atoms with van der Waals surface area (Å²) in [4.78, 5) is 12.4. The number of hydrogen-bond donors (Lipinski definition) is 1. The Balaban J connectivity index is 2.87. The first-order chi connectivity index (χ1) is 8.50. The van der Waals surface area contributed by atoms with Crippen molar-refractivity contribution in [3.8, 4) is 0 Å². The summed E-state index contributed by atoms with van der Waals surface area (Å²) >= 11 is 1.81. The Morgan fingerprint density at radius 3 is 2.72 bits per heavy atom. The molecule has 4 nitrogen and oxygen atoms in total. The standard InChI is InChI=1S/C13H25NO3S/c1-5-17-11(15)13(14-7-8-16-4)10-18-9-6-12(13,2)3/h14H,5-10H2,1-4H3. The molecule has 0 amide bonds. The van der Waals surface area contributed by atoms with Gasteiger partial charge in [-0.05, 0) is 24.5 Å². The molecular formula is C13H25NO3S. The fourth-order valence-corrected chi connectivity index (χ4v) is 4.00. The van der Waals surface area contributed by atoms with Crippen molar-refractivity contribution in [3.63, 3.8) is 0 Å². The van der Waals surface area contributed by atoms with Crippen LogP contribution in [0.25, 0.3) is 0 Å². The summed E-state index contributed by atoms with van der Waals surface area (Å²) in [5.41, 5.74) is -0.692. The predicted octanol–water partition coefficient (Wildman–Crippen LogP) is 1.69. The van der Waals surface area contributed by atoms with Crippen molar-refractivity contribution < 1.29 is 14.3 Å². The lowest BCUT2D eigenvalue weighted by molar-refractivity contribution is -0.156. The molecule has 1 unspecified atom stereocenters. The molecule has 1 saturated heterocycles. The maximum absolute atomic E-state index is 12.4. The van der Waals surface area contributed by atoms with E-state index in [1.807, 2.05) is 18.7 Å². The van der Waals surface area contributed by atoms with Gasteiger partial charge < -0.3 is 9.47 Å². The van der Waals surface area contributed by atoms with Gasteiger partial charge in [0.25, 0.3) is 0 Å². The summed E-state index contributed by atoms with van der Waals surface area (Å²) in [6.45, 7) is 7.82. The maximum Gasteiger partial charge on any atom is 0.327 e. The van der Waals surface area contributed by atoms with E-state index in [0.717, 1.165) is 17.9 Å². The molecule has 1 aliphatic rings. The summed E-state index contributed by atoms with van der Waals surface area (Å²) in [6.07, 6.45) is 1.01. The van der Waals surface area contributed by atoms with Gasteiger partial charge in [0.15, 0.2) is 0 Å². The Labute approximate surface area is 114 Å². The van der Waals surface area contributed by atoms with Crippen molar-refractivity contribution in [2.75, 3.05) is 38.4 Å². The van der Waals surface area contributed by atoms with E-state index in [4.69, 9.17) is 9.47 Å². The van der Waals surface area contributed by atoms with E-state index in [-0.39, 0.29) is 11.4 Å². The van der Waals surface area contributed by atoms with Crippen LogP contribution in [0, 0.1) is 5.41 Å². The van der Waals surface area contributed by atoms with Crippen LogP contribution in [0.4, 0.5) is 0 Å². The molecule has 18 heavy (non-hydrogen) atoms. The fourth-order valence-electron chi connectivity index (χ4n) is 2.28. The number of thioether (sulfide) groups is 1. The van der Waals surface area contributed by atoms with Gasteiger partial charge in [0, 0.05) is 19.4 Å². The van der Waals surface area contributed by atoms with Crippen LogP contribution in [0.2, 0.25) is 0 Å². The summed E-state index contributed by atoms with van der Waals surface area (Å²) in [6, 6.07) is 0. The molecule has 0 spiro atoms. The number of carbonyl (C=O) groups is 1. The zero-order chi connectivity index (χ0) is 13.6. The molecular weight excluding hydrogens is 250 g/mol. The van der Waals surface area contributed by atoms with Gasteiger partial charge in [0.2, 0.25) is 0 Å². The molecule has 1 N–H and O–H groups in total. The minimum absolute atomic E-state index is 0.0990. The molecule has 0 aliphatic carbocycles. The average molecular weight is 275 g/mol. The molecule has 5 heteroatoms. The highest BCUT2D eigenvalue weighted by Gasteiger charge is 2.53. The summed E-state index contributed by atoms with van der Waals surface area (Å²) < 4.78 is 10.4. The minimum Gasteiger partial charge on any atom is -0.465 e. The van der Waals surface area contributed by atoms with Crippen LogP contribution in [0.1, 0.15) is 27.2 Å². The van der Waals surface area contributed by atoms with E-state index in [9.17, 15) is 4.79 Å². The predicted molar refractivity (Wildman–Crippen MR) is 75.0 cm³/mol. The van der Waals surface area contributed by atoms with E-state index < -0.39 is 5.54 Å². The van der Waals surface area contributed by atoms with E-state index in [1.54, 1.807) is 7.11 Å². The minimum atomic E-state index is -0.593. The number of ether oxygens (including phenoxy) is 2. The first kappa shape index (κ1) is 15.8. The molecule has 1 aliphatic heterocycles. The third kappa shape index (κ3) is 3.19. The molecule has 1 heterocycles. The Kier molecular flexibility index (Phi) is 5.95. The fraction of sp³-hybridized carbons (Fsp3) is 0.923. The summed E-state index contributed by atoms with van der Waals surface area (Å²) in [5, 5.41) is 3.39. The SMILES string of the molecule is CCOC(=O)C1(NCCOC)CSCCC1(C)C. The molecule has 0 saturated carbocycles. The summed E-state index contributed by atoms with van der Waals surface area (Å²) in [7, 11) is 1.67. The molecule has 106 valence electrons. The first-order valence-corrected chi connectivity index (χ1v) is 7.64. The molecule has 0 radical (unpaired) electrons. The highest BCUT2D eigenvalue weighted by molar-refractivity contribution is 7.99. The molecule has 0 aromatic carbocycles. The topological polar surface area (TPSA) is 47.6 Å². The number of methoxy groups -OCH3 is 1. The van der Waals surface area contributed by atoms with Gasteiger partial charge >= 0.3 is 5.97 Å². The highest BCUT2D eigenvalue weighted by Crippen LogP contribution is 2.43. The Hall–Kier alpha value is -0.260. The van der Waals surface area contributed by atoms with Gasteiger partial charge in [-0.15, -0.1) is 0 Å². The van der Waals surface area contributed by atoms with Crippen LogP contribution in [0.5, 0.6) is 0 Å². The number of esters is 1. The highest BCUT2D eigenvalue weighted by atomic mass is 32.2. The average Bonchev–Trinajstić information content (AvgIpc) is 2.31. The second-order valence-corrected chi connectivity index (χ2v) is 6.34. The van der Waals surface area contributed by atoms with Gasteiger partial charge in [0.05, 0.1) is 13.2 Å². The smallest absolute Gasteiger partial charge is 0.327 e. The Morgan fingerprint density at radius 1 is 1.44 bits per heavy atom. The van der Waals surface area contributed by atoms with E-state index in [0.29, 0.717) is 19.8 Å². The molecule has 1 fully saturated rings. The quantitative estimate of drug-likeness (QED) is 0.590. The molecule has 1 rings (SSSR count). The van der Waals surface area contributed by atoms with Crippen LogP contribution < -0.4 is 5.32 Å². The second kappa shape index (κ2) is 6.78. The number of carbonyl (C=O) groups excluding carboxylic acids is 1. The first-order valence-electron chi connectivity index (χ1n) is 6.49. The van der Waals surface area contributed by atoms with Gasteiger partial charge in [-0.2, -0.15) is 11.8 Å². The zero-order valence-electron chi connectivity index (χ0n) is 11.9. The maximum atomic E-state index is 12.4. The van der Waals surface area contributed by atoms with Crippen LogP contribution in [0.3, 0.4) is 0 Å². The van der Waals surface area contributed by atoms with Gasteiger partial charge in [0.1, 0.15) is 5.54 Å². The normalized spacial score (nSPS) is 26.9. The molecule has 0 aromatic rings. The third-order valence-electron chi connectivity index (χ3n) is 3.70. The van der Waals surface area contributed by atoms with E-state index >= 15 is 0 Å². The third-order valence-corrected chi connectivity index (χ3v) is 4.83. The number of rotatable bonds is 6. The number of nitrogens with one attached hydrogen (secondary N) is 1. The summed E-state index contributed by atoms with van der Waals surface area (Å²) in [5.74, 6) is 1.74. The van der Waals surface area contributed by atoms with Crippen molar-refractivity contribution in [1.29, 1.82) is 0 Å². The molecule has 0 bridgehead atoms. The molecule has 1 atom stereocenters. The Bertz CT molecular complexity index is 283. The van der Waals surface area contributed by atoms with Crippen LogP contribution in [-0.2, 0) is 14.3 Å². The number of hydrogen-bond acceptors (Lipinski definition) is 5. The Morgan fingerprint density at radius 2 is 2.17 bits per heavy atom. The monoisotopic (exact) mass is 275 g/mol. The lowest BCUT2D eigenvalue weighted by atomic mass is 9.70. The van der Waals surface area contributed by atoms with Crippen molar-refractivity contribution in [1.82, 2.24) is 5.32 Å². The van der Waals surface area contributed by atoms with E-state index in [2.05, 4.69) is 19.2 Å². The van der Waals surface area contributed by atoms with Crippen LogP contribution >= 0.6 is 11.8 Å². The second-order valence-electron chi connectivity index (χ2n) is 5.23. The van der Waals surface area contributed by atoms with Crippen molar-refractivity contribution >= 4 is 17.7 Å². The lowest BCUT2D eigenvalue weighted by Gasteiger charge is -2.48. The van der Waals surface area contributed by atoms with Gasteiger partial charge in [-0.3, -0.25) is 5.32 Å². The van der Waals surface area contributed by atoms with Gasteiger partial charge in [-0.25, -0.2) is 4.79 Å². The van der Waals surface area contributed by atoms with Gasteiger partial charge in [-0.1, -0.05) is 13.8 Å². The largest absolute Gasteiger partial charge is 0.465 e. The van der Waals surface area contributed by atoms with Crippen molar-refractivity contribution in [2.45, 2.75) is 32.7 Å². The lowest BCUT2D eigenvalue weighted by Crippen LogP contribution is -2.66. The van der Waals surface area contributed by atoms with Crippen molar-refractivity contribution in [2.24, 2.45) is 5.41 Å².